The molecule has 0 radical (unpaired) electrons. The number of hydrogen-bond acceptors (Lipinski definition) is 13. The number of nitrogens with zero attached hydrogens (tertiary/aromatic N) is 4. The van der Waals surface area contributed by atoms with E-state index in [1.807, 2.05) is 68.4 Å². The number of nitrogens with one attached hydrogen (secondary N) is 2. The number of carbonyl (C=O) groups is 2. The lowest BCUT2D eigenvalue weighted by atomic mass is 10.0. The highest BCUT2D eigenvalue weighted by Crippen LogP contribution is 2.32. The van der Waals surface area contributed by atoms with E-state index in [1.54, 1.807) is 15.2 Å². The highest BCUT2D eigenvalue weighted by Gasteiger charge is 2.23. The van der Waals surface area contributed by atoms with Gasteiger partial charge in [-0.1, -0.05) is 36.4 Å². The molecule has 3 N–H and O–H groups in total. The molecular weight excluding hydrogens is 905 g/mol. The Labute approximate surface area is 413 Å². The van der Waals surface area contributed by atoms with Crippen LogP contribution < -0.4 is 40.7 Å². The molecule has 0 spiro atoms. The van der Waals surface area contributed by atoms with Crippen LogP contribution in [0.1, 0.15) is 68.7 Å². The standard InChI is InChI=1S/C28H33N3O5.C27H31N3O5/c1-19-3-5-21-17-23(28(33)34-2)27(32)31(24(21)15-19)12-11-30-9-7-22(8-10-30)29-18-20-4-6-25-26(16-20)36-14-13-35-25;1-18-2-4-20-16-22(27(32)33)26(31)30(23(20)14-18)11-10-29-8-6-21(7-9-29)28-17-19-3-5-24-25(15-19)35-13-12-34-24/h3-6,15-17,22,29H,7-14,18H2,1-2H3;2-5,14-16,21,28H,6-13,17H2,1H3,(H,32,33). The number of benzene rings is 4. The van der Waals surface area contributed by atoms with Gasteiger partial charge in [-0.2, -0.15) is 0 Å². The van der Waals surface area contributed by atoms with Crippen molar-refractivity contribution in [3.05, 3.63) is 139 Å². The number of aromatic carboxylic acids is 1. The van der Waals surface area contributed by atoms with Crippen molar-refractivity contribution in [1.82, 2.24) is 29.6 Å². The number of rotatable bonds is 14. The van der Waals surface area contributed by atoms with Crippen LogP contribution in [0.25, 0.3) is 21.8 Å². The third-order valence-electron chi connectivity index (χ3n) is 14.0. The van der Waals surface area contributed by atoms with Gasteiger partial charge in [-0.15, -0.1) is 0 Å². The number of methoxy groups -OCH3 is 1. The fourth-order valence-electron chi connectivity index (χ4n) is 9.94. The van der Waals surface area contributed by atoms with Crippen LogP contribution in [-0.2, 0) is 30.9 Å². The normalized spacial score (nSPS) is 16.4. The van der Waals surface area contributed by atoms with E-state index < -0.39 is 17.5 Å². The van der Waals surface area contributed by atoms with Crippen LogP contribution in [0, 0.1) is 13.8 Å². The van der Waals surface area contributed by atoms with Crippen molar-refractivity contribution in [1.29, 1.82) is 0 Å². The number of hydrogen-bond donors (Lipinski definition) is 3. The number of likely N-dealkylation sites (tertiary alicyclic amines) is 2. The van der Waals surface area contributed by atoms with Gasteiger partial charge in [0.1, 0.15) is 37.6 Å². The summed E-state index contributed by atoms with van der Waals surface area (Å²) in [5, 5.41) is 18.5. The van der Waals surface area contributed by atoms with Crippen molar-refractivity contribution in [2.24, 2.45) is 0 Å². The van der Waals surface area contributed by atoms with Crippen molar-refractivity contribution in [3.63, 3.8) is 0 Å². The Morgan fingerprint density at radius 1 is 0.563 bits per heavy atom. The lowest BCUT2D eigenvalue weighted by Crippen LogP contribution is -2.43. The Kier molecular flexibility index (Phi) is 15.7. The topological polar surface area (TPSA) is 175 Å². The maximum Gasteiger partial charge on any atom is 0.343 e. The number of carboxylic acids is 1. The summed E-state index contributed by atoms with van der Waals surface area (Å²) in [5.74, 6) is 1.49. The molecular formula is C55H64N6O10. The number of piperidine rings is 2. The maximum atomic E-state index is 13.1. The van der Waals surface area contributed by atoms with Crippen LogP contribution in [0.2, 0.25) is 0 Å². The molecule has 2 fully saturated rings. The minimum Gasteiger partial charge on any atom is -0.486 e. The zero-order valence-electron chi connectivity index (χ0n) is 40.9. The third kappa shape index (κ3) is 11.9. The van der Waals surface area contributed by atoms with Crippen LogP contribution in [0.5, 0.6) is 23.0 Å². The summed E-state index contributed by atoms with van der Waals surface area (Å²) < 4.78 is 30.8. The van der Waals surface area contributed by atoms with Gasteiger partial charge in [0.25, 0.3) is 11.1 Å². The zero-order valence-corrected chi connectivity index (χ0v) is 40.9. The molecule has 4 aliphatic heterocycles. The highest BCUT2D eigenvalue weighted by atomic mass is 16.6. The summed E-state index contributed by atoms with van der Waals surface area (Å²) in [6.07, 6.45) is 4.13. The molecule has 2 saturated heterocycles. The quantitative estimate of drug-likeness (QED) is 0.106. The number of fused-ring (bicyclic) bond motifs is 4. The number of carbonyl (C=O) groups excluding carboxylic acids is 1. The molecule has 71 heavy (non-hydrogen) atoms. The van der Waals surface area contributed by atoms with Gasteiger partial charge >= 0.3 is 11.9 Å². The second-order valence-electron chi connectivity index (χ2n) is 18.9. The summed E-state index contributed by atoms with van der Waals surface area (Å²) in [5.41, 5.74) is 5.29. The van der Waals surface area contributed by atoms with Crippen LogP contribution in [0.15, 0.2) is 94.5 Å². The molecule has 374 valence electrons. The molecule has 2 aromatic heterocycles. The van der Waals surface area contributed by atoms with Gasteiger partial charge in [0.05, 0.1) is 18.1 Å². The molecule has 16 heteroatoms. The SMILES string of the molecule is COC(=O)c1cc2ccc(C)cc2n(CCN2CCC(NCc3ccc4c(c3)OCCO4)CC2)c1=O.Cc1ccc2cc(C(=O)O)c(=O)n(CCN3CCC(NCc4ccc5c(c4)OCCO5)CC3)c2c1. The third-order valence-corrected chi connectivity index (χ3v) is 14.0. The van der Waals surface area contributed by atoms with Gasteiger partial charge in [0.2, 0.25) is 0 Å². The fourth-order valence-corrected chi connectivity index (χ4v) is 9.94. The fraction of sp³-hybridized carbons (Fsp3) is 0.418. The molecule has 0 atom stereocenters. The molecule has 10 rings (SSSR count). The molecule has 6 aromatic rings. The van der Waals surface area contributed by atoms with E-state index in [0.717, 1.165) is 127 Å². The van der Waals surface area contributed by atoms with E-state index in [0.29, 0.717) is 58.1 Å². The Balaban J connectivity index is 0.000000176. The van der Waals surface area contributed by atoms with E-state index in [9.17, 15) is 24.3 Å². The molecule has 4 aromatic carbocycles. The first kappa shape index (κ1) is 49.3. The largest absolute Gasteiger partial charge is 0.486 e. The molecule has 0 bridgehead atoms. The molecule has 4 aliphatic rings. The van der Waals surface area contributed by atoms with Crippen molar-refractivity contribution in [3.8, 4) is 23.0 Å². The number of ether oxygens (including phenoxy) is 5. The van der Waals surface area contributed by atoms with Crippen LogP contribution in [-0.4, -0.2) is 121 Å². The van der Waals surface area contributed by atoms with Crippen molar-refractivity contribution in [2.45, 2.75) is 77.8 Å². The summed E-state index contributed by atoms with van der Waals surface area (Å²) >= 11 is 0. The average molecular weight is 969 g/mol. The lowest BCUT2D eigenvalue weighted by molar-refractivity contribution is 0.0597. The van der Waals surface area contributed by atoms with Crippen molar-refractivity contribution >= 4 is 33.7 Å². The summed E-state index contributed by atoms with van der Waals surface area (Å²) in [6.45, 7) is 14.2. The lowest BCUT2D eigenvalue weighted by Gasteiger charge is -2.32. The summed E-state index contributed by atoms with van der Waals surface area (Å²) in [4.78, 5) is 54.6. The molecule has 0 saturated carbocycles. The minimum absolute atomic E-state index is 0.0795. The Morgan fingerprint density at radius 3 is 1.42 bits per heavy atom. The number of esters is 1. The van der Waals surface area contributed by atoms with Crippen LogP contribution in [0.4, 0.5) is 0 Å². The van der Waals surface area contributed by atoms with E-state index in [4.69, 9.17) is 23.7 Å². The highest BCUT2D eigenvalue weighted by molar-refractivity contribution is 5.94. The van der Waals surface area contributed by atoms with Gasteiger partial charge in [0.15, 0.2) is 23.0 Å². The number of pyridine rings is 2. The first-order valence-electron chi connectivity index (χ1n) is 24.8. The smallest absolute Gasteiger partial charge is 0.343 e. The maximum absolute atomic E-state index is 13.1. The van der Waals surface area contributed by atoms with E-state index in [1.165, 1.54) is 24.3 Å². The molecule has 0 amide bonds. The second kappa shape index (κ2) is 22.6. The van der Waals surface area contributed by atoms with Gasteiger partial charge in [-0.25, -0.2) is 9.59 Å². The van der Waals surface area contributed by atoms with Gasteiger partial charge < -0.3 is 58.4 Å². The van der Waals surface area contributed by atoms with Crippen LogP contribution >= 0.6 is 0 Å². The number of carboxylic acid groups (broad SMARTS) is 1. The van der Waals surface area contributed by atoms with E-state index >= 15 is 0 Å². The second-order valence-corrected chi connectivity index (χ2v) is 18.9. The van der Waals surface area contributed by atoms with Crippen molar-refractivity contribution < 1.29 is 38.4 Å². The number of aromatic nitrogens is 2. The molecule has 6 heterocycles. The Bertz CT molecular complexity index is 3010. The van der Waals surface area contributed by atoms with Gasteiger partial charge in [-0.3, -0.25) is 9.59 Å². The first-order chi connectivity index (χ1) is 34.5. The van der Waals surface area contributed by atoms with Crippen molar-refractivity contribution in [2.75, 3.05) is 72.8 Å². The Morgan fingerprint density at radius 2 is 0.986 bits per heavy atom. The molecule has 0 unspecified atom stereocenters. The molecule has 0 aliphatic carbocycles. The summed E-state index contributed by atoms with van der Waals surface area (Å²) in [7, 11) is 1.30. The average Bonchev–Trinajstić information content (AvgIpc) is 3.39. The van der Waals surface area contributed by atoms with Gasteiger partial charge in [-0.05, 0) is 147 Å². The van der Waals surface area contributed by atoms with Gasteiger partial charge in [0, 0.05) is 51.4 Å². The number of aryl methyl sites for hydroxylation is 2. The monoisotopic (exact) mass is 968 g/mol. The molecule has 16 nitrogen and oxygen atoms in total. The van der Waals surface area contributed by atoms with Crippen LogP contribution in [0.3, 0.4) is 0 Å². The van der Waals surface area contributed by atoms with E-state index in [-0.39, 0.29) is 16.7 Å². The van der Waals surface area contributed by atoms with E-state index in [2.05, 4.69) is 38.6 Å². The predicted molar refractivity (Wildman–Crippen MR) is 272 cm³/mol. The minimum atomic E-state index is -1.18. The zero-order chi connectivity index (χ0) is 49.4. The summed E-state index contributed by atoms with van der Waals surface area (Å²) in [6, 6.07) is 27.9. The predicted octanol–water partition coefficient (Wildman–Crippen LogP) is 6.16. The first-order valence-corrected chi connectivity index (χ1v) is 24.8. The Hall–Kier alpha value is -6.72.